The van der Waals surface area contributed by atoms with Crippen LogP contribution in [0.1, 0.15) is 24.7 Å². The highest BCUT2D eigenvalue weighted by molar-refractivity contribution is 5.44. The van der Waals surface area contributed by atoms with Gasteiger partial charge in [0.2, 0.25) is 0 Å². The van der Waals surface area contributed by atoms with Gasteiger partial charge in [-0.3, -0.25) is 4.98 Å². The molecule has 4 nitrogen and oxygen atoms in total. The highest BCUT2D eigenvalue weighted by Crippen LogP contribution is 2.20. The minimum absolute atomic E-state index is 0.569. The largest absolute Gasteiger partial charge is 0.351 e. The second kappa shape index (κ2) is 4.78. The summed E-state index contributed by atoms with van der Waals surface area (Å²) in [6, 6.07) is 0.569. The van der Waals surface area contributed by atoms with E-state index in [1.54, 1.807) is 0 Å². The number of likely N-dealkylation sites (N-methyl/N-ethyl adjacent to an activating group) is 1. The molecule has 0 amide bonds. The zero-order valence-corrected chi connectivity index (χ0v) is 10.3. The van der Waals surface area contributed by atoms with E-state index in [4.69, 9.17) is 0 Å². The molecule has 88 valence electrons. The number of hydrogen-bond donors (Lipinski definition) is 1. The van der Waals surface area contributed by atoms with Crippen LogP contribution < -0.4 is 10.2 Å². The number of aromatic nitrogens is 2. The van der Waals surface area contributed by atoms with Gasteiger partial charge in [0.05, 0.1) is 11.4 Å². The van der Waals surface area contributed by atoms with Gasteiger partial charge in [0.1, 0.15) is 0 Å². The fourth-order valence-electron chi connectivity index (χ4n) is 2.28. The van der Waals surface area contributed by atoms with Gasteiger partial charge in [-0.05, 0) is 33.7 Å². The van der Waals surface area contributed by atoms with Gasteiger partial charge in [0.15, 0.2) is 5.82 Å². The zero-order valence-electron chi connectivity index (χ0n) is 10.3. The molecule has 0 saturated carbocycles. The third-order valence-corrected chi connectivity index (χ3v) is 3.14. The Labute approximate surface area is 97.1 Å². The first-order valence-electron chi connectivity index (χ1n) is 6.00. The molecule has 16 heavy (non-hydrogen) atoms. The quantitative estimate of drug-likeness (QED) is 0.833. The van der Waals surface area contributed by atoms with E-state index in [1.165, 1.54) is 6.42 Å². The van der Waals surface area contributed by atoms with Gasteiger partial charge in [-0.1, -0.05) is 0 Å². The van der Waals surface area contributed by atoms with E-state index in [0.29, 0.717) is 6.04 Å². The number of anilines is 1. The molecule has 1 aromatic heterocycles. The number of hydrogen-bond acceptors (Lipinski definition) is 4. The number of nitrogens with zero attached hydrogens (tertiary/aromatic N) is 3. The molecule has 1 aliphatic rings. The van der Waals surface area contributed by atoms with E-state index in [-0.39, 0.29) is 0 Å². The number of rotatable bonds is 3. The van der Waals surface area contributed by atoms with Crippen molar-refractivity contribution in [1.82, 2.24) is 15.3 Å². The van der Waals surface area contributed by atoms with E-state index in [0.717, 1.165) is 36.8 Å². The van der Waals surface area contributed by atoms with Crippen molar-refractivity contribution in [3.63, 3.8) is 0 Å². The van der Waals surface area contributed by atoms with E-state index in [9.17, 15) is 0 Å². The van der Waals surface area contributed by atoms with Gasteiger partial charge < -0.3 is 10.2 Å². The van der Waals surface area contributed by atoms with Gasteiger partial charge in [0.25, 0.3) is 0 Å². The van der Waals surface area contributed by atoms with Crippen LogP contribution in [0.5, 0.6) is 0 Å². The second-order valence-corrected chi connectivity index (χ2v) is 4.35. The van der Waals surface area contributed by atoms with Crippen LogP contribution in [-0.2, 0) is 0 Å². The first-order chi connectivity index (χ1) is 7.72. The highest BCUT2D eigenvalue weighted by Gasteiger charge is 2.23. The van der Waals surface area contributed by atoms with Crippen molar-refractivity contribution in [2.45, 2.75) is 33.2 Å². The first kappa shape index (κ1) is 11.3. The Kier molecular flexibility index (Phi) is 3.39. The third kappa shape index (κ3) is 2.16. The minimum atomic E-state index is 0.569. The molecule has 1 atom stereocenters. The predicted molar refractivity (Wildman–Crippen MR) is 65.8 cm³/mol. The lowest BCUT2D eigenvalue weighted by Gasteiger charge is -2.29. The Morgan fingerprint density at radius 3 is 2.94 bits per heavy atom. The summed E-state index contributed by atoms with van der Waals surface area (Å²) in [5.41, 5.74) is 2.02. The Hall–Kier alpha value is -1.16. The van der Waals surface area contributed by atoms with E-state index in [1.807, 2.05) is 20.0 Å². The summed E-state index contributed by atoms with van der Waals surface area (Å²) in [7, 11) is 0. The van der Waals surface area contributed by atoms with E-state index in [2.05, 4.69) is 27.1 Å². The normalized spacial score (nSPS) is 20.1. The van der Waals surface area contributed by atoms with Gasteiger partial charge in [-0.25, -0.2) is 4.98 Å². The fourth-order valence-corrected chi connectivity index (χ4v) is 2.28. The summed E-state index contributed by atoms with van der Waals surface area (Å²) in [5, 5.41) is 3.40. The molecule has 2 rings (SSSR count). The van der Waals surface area contributed by atoms with Crippen molar-refractivity contribution in [2.75, 3.05) is 24.5 Å². The molecule has 0 bridgehead atoms. The van der Waals surface area contributed by atoms with Crippen LogP contribution in [0.15, 0.2) is 6.20 Å². The van der Waals surface area contributed by atoms with E-state index < -0.39 is 0 Å². The highest BCUT2D eigenvalue weighted by atomic mass is 15.2. The van der Waals surface area contributed by atoms with Gasteiger partial charge >= 0.3 is 0 Å². The predicted octanol–water partition coefficient (Wildman–Crippen LogP) is 1.28. The van der Waals surface area contributed by atoms with Crippen LogP contribution in [0.25, 0.3) is 0 Å². The molecule has 1 unspecified atom stereocenters. The van der Waals surface area contributed by atoms with Gasteiger partial charge in [-0.2, -0.15) is 0 Å². The molecule has 0 spiro atoms. The van der Waals surface area contributed by atoms with Crippen molar-refractivity contribution >= 4 is 5.82 Å². The Morgan fingerprint density at radius 2 is 2.31 bits per heavy atom. The van der Waals surface area contributed by atoms with Crippen molar-refractivity contribution in [2.24, 2.45) is 0 Å². The minimum Gasteiger partial charge on any atom is -0.351 e. The lowest BCUT2D eigenvalue weighted by atomic mass is 10.2. The average Bonchev–Trinajstić information content (AvgIpc) is 2.78. The molecule has 0 radical (unpaired) electrons. The van der Waals surface area contributed by atoms with Crippen molar-refractivity contribution in [3.8, 4) is 0 Å². The summed E-state index contributed by atoms with van der Waals surface area (Å²) in [6.07, 6.45) is 3.03. The van der Waals surface area contributed by atoms with Crippen LogP contribution in [-0.4, -0.2) is 35.6 Å². The molecule has 1 fully saturated rings. The topological polar surface area (TPSA) is 41.1 Å². The summed E-state index contributed by atoms with van der Waals surface area (Å²) in [6.45, 7) is 9.37. The zero-order chi connectivity index (χ0) is 11.5. The Morgan fingerprint density at radius 1 is 1.50 bits per heavy atom. The van der Waals surface area contributed by atoms with Crippen LogP contribution in [0.3, 0.4) is 0 Å². The van der Waals surface area contributed by atoms with Crippen LogP contribution in [0.4, 0.5) is 5.82 Å². The van der Waals surface area contributed by atoms with Gasteiger partial charge in [-0.15, -0.1) is 0 Å². The molecule has 4 heteroatoms. The number of nitrogens with one attached hydrogen (secondary N) is 1. The summed E-state index contributed by atoms with van der Waals surface area (Å²) in [4.78, 5) is 11.4. The number of aryl methyl sites for hydroxylation is 2. The Balaban J connectivity index is 2.28. The lowest BCUT2D eigenvalue weighted by molar-refractivity contribution is 0.635. The van der Waals surface area contributed by atoms with Gasteiger partial charge in [0, 0.05) is 25.3 Å². The van der Waals surface area contributed by atoms with E-state index >= 15 is 0 Å². The average molecular weight is 220 g/mol. The maximum absolute atomic E-state index is 4.62. The summed E-state index contributed by atoms with van der Waals surface area (Å²) < 4.78 is 0. The molecule has 1 saturated heterocycles. The molecule has 2 heterocycles. The molecule has 1 aromatic rings. The SMILES string of the molecule is CCN(c1nc(C)cnc1C)C1CCNC1. The first-order valence-corrected chi connectivity index (χ1v) is 6.00. The third-order valence-electron chi connectivity index (χ3n) is 3.14. The maximum atomic E-state index is 4.62. The summed E-state index contributed by atoms with van der Waals surface area (Å²) in [5.74, 6) is 1.05. The molecular formula is C12H20N4. The lowest BCUT2D eigenvalue weighted by Crippen LogP contribution is -2.38. The summed E-state index contributed by atoms with van der Waals surface area (Å²) >= 11 is 0. The van der Waals surface area contributed by atoms with Crippen LogP contribution in [0.2, 0.25) is 0 Å². The monoisotopic (exact) mass is 220 g/mol. The molecule has 0 aromatic carbocycles. The molecule has 0 aliphatic carbocycles. The van der Waals surface area contributed by atoms with Crippen molar-refractivity contribution in [3.05, 3.63) is 17.6 Å². The van der Waals surface area contributed by atoms with Crippen molar-refractivity contribution < 1.29 is 0 Å². The van der Waals surface area contributed by atoms with Crippen LogP contribution >= 0.6 is 0 Å². The maximum Gasteiger partial charge on any atom is 0.150 e. The molecule has 1 N–H and O–H groups in total. The fraction of sp³-hybridized carbons (Fsp3) is 0.667. The molecule has 1 aliphatic heterocycles. The molecular weight excluding hydrogens is 200 g/mol. The smallest absolute Gasteiger partial charge is 0.150 e. The Bertz CT molecular complexity index is 358. The van der Waals surface area contributed by atoms with Crippen molar-refractivity contribution in [1.29, 1.82) is 0 Å². The second-order valence-electron chi connectivity index (χ2n) is 4.35. The standard InChI is InChI=1S/C12H20N4/c1-4-16(11-5-6-13-8-11)12-10(3)14-7-9(2)15-12/h7,11,13H,4-6,8H2,1-3H3. The van der Waals surface area contributed by atoms with Crippen LogP contribution in [0, 0.1) is 13.8 Å².